The fraction of sp³-hybridized carbons (Fsp3) is 0.500. The van der Waals surface area contributed by atoms with Crippen LogP contribution in [0.3, 0.4) is 0 Å². The van der Waals surface area contributed by atoms with Crippen LogP contribution >= 0.6 is 0 Å². The number of nitrogens with one attached hydrogen (secondary N) is 1. The summed E-state index contributed by atoms with van der Waals surface area (Å²) in [6, 6.07) is 0. The number of aromatic amines is 1. The Hall–Kier alpha value is -1.65. The number of nitrogens with zero attached hydrogens (tertiary/aromatic N) is 3. The molecule has 0 saturated heterocycles. The van der Waals surface area contributed by atoms with Crippen LogP contribution < -0.4 is 5.56 Å². The minimum atomic E-state index is -0.0445. The number of aromatic nitrogens is 4. The van der Waals surface area contributed by atoms with Gasteiger partial charge in [0, 0.05) is 17.2 Å². The summed E-state index contributed by atoms with van der Waals surface area (Å²) < 4.78 is 1.44. The van der Waals surface area contributed by atoms with E-state index in [2.05, 4.69) is 15.1 Å². The fourth-order valence-electron chi connectivity index (χ4n) is 1.66. The van der Waals surface area contributed by atoms with Crippen molar-refractivity contribution in [1.29, 1.82) is 0 Å². The summed E-state index contributed by atoms with van der Waals surface area (Å²) in [5, 5.41) is 3.02. The van der Waals surface area contributed by atoms with Gasteiger partial charge < -0.3 is 0 Å². The van der Waals surface area contributed by atoms with Crippen LogP contribution in [0.1, 0.15) is 35.8 Å². The third-order valence-electron chi connectivity index (χ3n) is 2.95. The first-order valence-corrected chi connectivity index (χ1v) is 5.12. The van der Waals surface area contributed by atoms with Gasteiger partial charge >= 0.3 is 0 Å². The van der Waals surface area contributed by atoms with Crippen LogP contribution in [0.25, 0.3) is 5.78 Å². The topological polar surface area (TPSA) is 63.1 Å². The standard InChI is InChI=1S/C10H12N4O/c1-5-6(2)11-10-12-8(7-3-4-7)13-14(10)9(5)15/h7H,3-4H2,1-2H3,(H,11,12,13). The maximum atomic E-state index is 11.9. The molecule has 15 heavy (non-hydrogen) atoms. The predicted molar refractivity (Wildman–Crippen MR) is 55.1 cm³/mol. The van der Waals surface area contributed by atoms with Crippen LogP contribution in [0.4, 0.5) is 0 Å². The van der Waals surface area contributed by atoms with Gasteiger partial charge in [0.05, 0.1) is 0 Å². The first kappa shape index (κ1) is 8.64. The molecule has 3 rings (SSSR count). The quantitative estimate of drug-likeness (QED) is 0.751. The van der Waals surface area contributed by atoms with Gasteiger partial charge in [0.25, 0.3) is 11.3 Å². The highest BCUT2D eigenvalue weighted by Crippen LogP contribution is 2.37. The number of hydrogen-bond donors (Lipinski definition) is 1. The van der Waals surface area contributed by atoms with Gasteiger partial charge in [0.15, 0.2) is 0 Å². The minimum Gasteiger partial charge on any atom is -0.275 e. The van der Waals surface area contributed by atoms with Gasteiger partial charge in [0.2, 0.25) is 0 Å². The Morgan fingerprint density at radius 3 is 2.73 bits per heavy atom. The Morgan fingerprint density at radius 2 is 2.07 bits per heavy atom. The van der Waals surface area contributed by atoms with Crippen LogP contribution in [-0.4, -0.2) is 19.6 Å². The molecule has 0 aliphatic heterocycles. The lowest BCUT2D eigenvalue weighted by atomic mass is 10.3. The molecule has 2 heterocycles. The van der Waals surface area contributed by atoms with Crippen molar-refractivity contribution in [3.8, 4) is 0 Å². The van der Waals surface area contributed by atoms with Crippen LogP contribution in [0.5, 0.6) is 0 Å². The molecule has 0 radical (unpaired) electrons. The van der Waals surface area contributed by atoms with E-state index in [0.717, 1.165) is 24.4 Å². The van der Waals surface area contributed by atoms with E-state index in [1.165, 1.54) is 4.52 Å². The monoisotopic (exact) mass is 204 g/mol. The van der Waals surface area contributed by atoms with Gasteiger partial charge in [-0.2, -0.15) is 9.50 Å². The zero-order valence-electron chi connectivity index (χ0n) is 8.74. The summed E-state index contributed by atoms with van der Waals surface area (Å²) in [7, 11) is 0. The molecular weight excluding hydrogens is 192 g/mol. The summed E-state index contributed by atoms with van der Waals surface area (Å²) in [4.78, 5) is 20.5. The first-order valence-electron chi connectivity index (χ1n) is 5.12. The molecule has 0 spiro atoms. The summed E-state index contributed by atoms with van der Waals surface area (Å²) in [5.74, 6) is 1.89. The first-order chi connectivity index (χ1) is 7.16. The largest absolute Gasteiger partial charge is 0.277 e. The molecule has 78 valence electrons. The van der Waals surface area contributed by atoms with E-state index in [0.29, 0.717) is 17.3 Å². The molecule has 0 bridgehead atoms. The van der Waals surface area contributed by atoms with E-state index >= 15 is 0 Å². The predicted octanol–water partition coefficient (Wildman–Crippen LogP) is 0.912. The van der Waals surface area contributed by atoms with Crippen LogP contribution in [-0.2, 0) is 0 Å². The molecule has 2 aromatic rings. The lowest BCUT2D eigenvalue weighted by Crippen LogP contribution is -2.19. The molecule has 1 N–H and O–H groups in total. The summed E-state index contributed by atoms with van der Waals surface area (Å²) in [5.41, 5.74) is 1.39. The van der Waals surface area contributed by atoms with Crippen LogP contribution in [0.15, 0.2) is 4.79 Å². The Bertz CT molecular complexity index is 591. The molecule has 5 nitrogen and oxygen atoms in total. The van der Waals surface area contributed by atoms with Gasteiger partial charge in [-0.15, -0.1) is 0 Å². The highest BCUT2D eigenvalue weighted by atomic mass is 16.1. The van der Waals surface area contributed by atoms with E-state index in [1.807, 2.05) is 6.92 Å². The smallest absolute Gasteiger partial charge is 0.275 e. The zero-order valence-corrected chi connectivity index (χ0v) is 8.74. The Kier molecular flexibility index (Phi) is 1.55. The van der Waals surface area contributed by atoms with Gasteiger partial charge in [-0.05, 0) is 26.7 Å². The van der Waals surface area contributed by atoms with Crippen molar-refractivity contribution in [3.05, 3.63) is 27.4 Å². The number of H-pyrrole nitrogens is 1. The molecule has 0 aromatic carbocycles. The Balaban J connectivity index is 2.34. The third kappa shape index (κ3) is 1.19. The Labute approximate surface area is 86.2 Å². The van der Waals surface area contributed by atoms with Crippen molar-refractivity contribution in [2.45, 2.75) is 32.6 Å². The van der Waals surface area contributed by atoms with Crippen LogP contribution in [0, 0.1) is 13.8 Å². The molecule has 1 aliphatic carbocycles. The van der Waals surface area contributed by atoms with E-state index in [4.69, 9.17) is 0 Å². The van der Waals surface area contributed by atoms with Crippen molar-refractivity contribution in [2.24, 2.45) is 0 Å². The van der Waals surface area contributed by atoms with E-state index < -0.39 is 0 Å². The second-order valence-electron chi connectivity index (χ2n) is 4.15. The highest BCUT2D eigenvalue weighted by Gasteiger charge is 2.27. The molecule has 0 amide bonds. The molecule has 2 aromatic heterocycles. The average Bonchev–Trinajstić information content (AvgIpc) is 2.97. The second-order valence-corrected chi connectivity index (χ2v) is 4.15. The van der Waals surface area contributed by atoms with Crippen molar-refractivity contribution in [3.63, 3.8) is 0 Å². The summed E-state index contributed by atoms with van der Waals surface area (Å²) in [6.45, 7) is 3.62. The SMILES string of the molecule is Cc1nc2nc(C3CC3)[nH]n2c(=O)c1C. The molecule has 1 saturated carbocycles. The van der Waals surface area contributed by atoms with Gasteiger partial charge in [0.1, 0.15) is 5.82 Å². The van der Waals surface area contributed by atoms with E-state index in [-0.39, 0.29) is 5.56 Å². The van der Waals surface area contributed by atoms with Crippen molar-refractivity contribution in [1.82, 2.24) is 19.6 Å². The number of rotatable bonds is 1. The summed E-state index contributed by atoms with van der Waals surface area (Å²) in [6.07, 6.45) is 2.32. The maximum absolute atomic E-state index is 11.9. The normalized spacial score (nSPS) is 16.1. The number of aryl methyl sites for hydroxylation is 1. The van der Waals surface area contributed by atoms with Crippen LogP contribution in [0.2, 0.25) is 0 Å². The summed E-state index contributed by atoms with van der Waals surface area (Å²) >= 11 is 0. The van der Waals surface area contributed by atoms with Crippen molar-refractivity contribution < 1.29 is 0 Å². The minimum absolute atomic E-state index is 0.0445. The highest BCUT2D eigenvalue weighted by molar-refractivity contribution is 5.32. The number of fused-ring (bicyclic) bond motifs is 1. The fourth-order valence-corrected chi connectivity index (χ4v) is 1.66. The maximum Gasteiger partial charge on any atom is 0.277 e. The average molecular weight is 204 g/mol. The number of hydrogen-bond acceptors (Lipinski definition) is 3. The molecular formula is C10H12N4O. The van der Waals surface area contributed by atoms with Gasteiger partial charge in [-0.25, -0.2) is 4.98 Å². The second kappa shape index (κ2) is 2.68. The van der Waals surface area contributed by atoms with Gasteiger partial charge in [-0.1, -0.05) is 0 Å². The molecule has 1 aliphatic rings. The molecule has 1 fully saturated rings. The zero-order chi connectivity index (χ0) is 10.6. The van der Waals surface area contributed by atoms with Crippen molar-refractivity contribution >= 4 is 5.78 Å². The van der Waals surface area contributed by atoms with Gasteiger partial charge in [-0.3, -0.25) is 9.89 Å². The lowest BCUT2D eigenvalue weighted by Gasteiger charge is -1.97. The molecule has 5 heteroatoms. The molecule has 0 unspecified atom stereocenters. The molecule has 0 atom stereocenters. The van der Waals surface area contributed by atoms with E-state index in [1.54, 1.807) is 6.92 Å². The third-order valence-corrected chi connectivity index (χ3v) is 2.95. The van der Waals surface area contributed by atoms with Crippen molar-refractivity contribution in [2.75, 3.05) is 0 Å². The Morgan fingerprint density at radius 1 is 1.33 bits per heavy atom. The van der Waals surface area contributed by atoms with E-state index in [9.17, 15) is 4.79 Å². The lowest BCUT2D eigenvalue weighted by molar-refractivity contribution is 0.835.